The lowest BCUT2D eigenvalue weighted by Crippen LogP contribution is -2.08. The Morgan fingerprint density at radius 2 is 1.80 bits per heavy atom. The maximum Gasteiger partial charge on any atom is 0.433 e. The van der Waals surface area contributed by atoms with Gasteiger partial charge in [0.15, 0.2) is 5.75 Å². The van der Waals surface area contributed by atoms with Crippen LogP contribution in [0.3, 0.4) is 0 Å². The summed E-state index contributed by atoms with van der Waals surface area (Å²) < 4.78 is 42.9. The summed E-state index contributed by atoms with van der Waals surface area (Å²) in [6, 6.07) is 5.01. The predicted molar refractivity (Wildman–Crippen MR) is 70.2 cm³/mol. The molecule has 106 valence electrons. The molecule has 2 aromatic rings. The molecule has 2 N–H and O–H groups in total. The van der Waals surface area contributed by atoms with Crippen LogP contribution in [-0.4, -0.2) is 4.98 Å². The van der Waals surface area contributed by atoms with Gasteiger partial charge in [-0.05, 0) is 12.1 Å². The molecule has 0 saturated heterocycles. The minimum Gasteiger partial charge on any atom is -0.455 e. The summed E-state index contributed by atoms with van der Waals surface area (Å²) in [6.45, 7) is 0. The number of halogens is 5. The Bertz CT molecular complexity index is 647. The van der Waals surface area contributed by atoms with Gasteiger partial charge in [-0.25, -0.2) is 4.98 Å². The van der Waals surface area contributed by atoms with E-state index in [0.717, 1.165) is 12.3 Å². The third-order valence-corrected chi connectivity index (χ3v) is 3.04. The van der Waals surface area contributed by atoms with Crippen molar-refractivity contribution >= 4 is 28.9 Å². The fraction of sp³-hybridized carbons (Fsp3) is 0.0833. The number of ether oxygens (including phenoxy) is 1. The zero-order chi connectivity index (χ0) is 14.9. The van der Waals surface area contributed by atoms with Crippen LogP contribution in [0.2, 0.25) is 10.0 Å². The quantitative estimate of drug-likeness (QED) is 0.865. The SMILES string of the molecule is Nc1cnc(C(F)(F)F)cc1Oc1ccc(Cl)c(Cl)c1. The van der Waals surface area contributed by atoms with Gasteiger partial charge in [0.2, 0.25) is 0 Å². The van der Waals surface area contributed by atoms with Crippen LogP contribution in [0.1, 0.15) is 5.69 Å². The molecule has 0 atom stereocenters. The number of nitrogen functional groups attached to an aromatic ring is 1. The summed E-state index contributed by atoms with van der Waals surface area (Å²) in [5.74, 6) is 0.0520. The number of anilines is 1. The fourth-order valence-corrected chi connectivity index (χ4v) is 1.65. The first-order valence-electron chi connectivity index (χ1n) is 5.23. The van der Waals surface area contributed by atoms with Gasteiger partial charge in [0, 0.05) is 12.1 Å². The number of nitrogens with zero attached hydrogens (tertiary/aromatic N) is 1. The Hall–Kier alpha value is -1.66. The molecule has 0 saturated carbocycles. The molecule has 0 aliphatic carbocycles. The molecule has 3 nitrogen and oxygen atoms in total. The molecule has 20 heavy (non-hydrogen) atoms. The molecule has 2 rings (SSSR count). The number of hydrogen-bond donors (Lipinski definition) is 1. The number of benzene rings is 1. The number of hydrogen-bond acceptors (Lipinski definition) is 3. The molecule has 0 amide bonds. The van der Waals surface area contributed by atoms with Crippen molar-refractivity contribution in [2.75, 3.05) is 5.73 Å². The van der Waals surface area contributed by atoms with Crippen molar-refractivity contribution in [1.82, 2.24) is 4.98 Å². The average molecular weight is 323 g/mol. The van der Waals surface area contributed by atoms with Crippen LogP contribution in [0.4, 0.5) is 18.9 Å². The largest absolute Gasteiger partial charge is 0.455 e. The Kier molecular flexibility index (Phi) is 3.96. The topological polar surface area (TPSA) is 48.1 Å². The zero-order valence-electron chi connectivity index (χ0n) is 9.71. The second-order valence-electron chi connectivity index (χ2n) is 3.78. The van der Waals surface area contributed by atoms with E-state index in [0.29, 0.717) is 5.02 Å². The van der Waals surface area contributed by atoms with Gasteiger partial charge in [0.1, 0.15) is 11.4 Å². The summed E-state index contributed by atoms with van der Waals surface area (Å²) in [7, 11) is 0. The third-order valence-electron chi connectivity index (χ3n) is 2.30. The standard InChI is InChI=1S/C12H7Cl2F3N2O/c13-7-2-1-6(3-8(7)14)20-10-4-11(12(15,16)17)19-5-9(10)18/h1-5H,18H2. The molecule has 0 radical (unpaired) electrons. The first kappa shape index (κ1) is 14.7. The van der Waals surface area contributed by atoms with E-state index in [-0.39, 0.29) is 22.2 Å². The van der Waals surface area contributed by atoms with Crippen molar-refractivity contribution in [1.29, 1.82) is 0 Å². The van der Waals surface area contributed by atoms with Crippen LogP contribution >= 0.6 is 23.2 Å². The van der Waals surface area contributed by atoms with Gasteiger partial charge in [-0.15, -0.1) is 0 Å². The van der Waals surface area contributed by atoms with E-state index < -0.39 is 11.9 Å². The van der Waals surface area contributed by atoms with Crippen LogP contribution < -0.4 is 10.5 Å². The molecule has 1 aromatic heterocycles. The number of aromatic nitrogens is 1. The van der Waals surface area contributed by atoms with Gasteiger partial charge in [-0.2, -0.15) is 13.2 Å². The Labute approximate surface area is 122 Å². The van der Waals surface area contributed by atoms with E-state index in [1.54, 1.807) is 0 Å². The second kappa shape index (κ2) is 5.38. The third kappa shape index (κ3) is 3.26. The van der Waals surface area contributed by atoms with Gasteiger partial charge in [0.25, 0.3) is 0 Å². The summed E-state index contributed by atoms with van der Waals surface area (Å²) in [5.41, 5.74) is 4.42. The lowest BCUT2D eigenvalue weighted by atomic mass is 10.3. The predicted octanol–water partition coefficient (Wildman–Crippen LogP) is 4.78. The van der Waals surface area contributed by atoms with Gasteiger partial charge >= 0.3 is 6.18 Å². The van der Waals surface area contributed by atoms with E-state index in [4.69, 9.17) is 33.7 Å². The smallest absolute Gasteiger partial charge is 0.433 e. The highest BCUT2D eigenvalue weighted by atomic mass is 35.5. The summed E-state index contributed by atoms with van der Waals surface area (Å²) >= 11 is 11.5. The zero-order valence-corrected chi connectivity index (χ0v) is 11.2. The molecule has 0 aliphatic rings. The van der Waals surface area contributed by atoms with Crippen molar-refractivity contribution in [3.8, 4) is 11.5 Å². The maximum atomic E-state index is 12.6. The average Bonchev–Trinajstić information content (AvgIpc) is 2.35. The fourth-order valence-electron chi connectivity index (χ4n) is 1.36. The van der Waals surface area contributed by atoms with E-state index >= 15 is 0 Å². The van der Waals surface area contributed by atoms with Gasteiger partial charge < -0.3 is 10.5 Å². The number of rotatable bonds is 2. The minimum absolute atomic E-state index is 0.0240. The molecule has 0 unspecified atom stereocenters. The minimum atomic E-state index is -4.58. The van der Waals surface area contributed by atoms with Gasteiger partial charge in [0.05, 0.1) is 21.9 Å². The highest BCUT2D eigenvalue weighted by Crippen LogP contribution is 2.35. The summed E-state index contributed by atoms with van der Waals surface area (Å²) in [4.78, 5) is 3.21. The molecule has 0 spiro atoms. The van der Waals surface area contributed by atoms with E-state index in [1.807, 2.05) is 0 Å². The maximum absolute atomic E-state index is 12.6. The first-order valence-corrected chi connectivity index (χ1v) is 5.98. The molecule has 0 aliphatic heterocycles. The molecule has 1 heterocycles. The van der Waals surface area contributed by atoms with Gasteiger partial charge in [-0.3, -0.25) is 0 Å². The Morgan fingerprint density at radius 3 is 2.40 bits per heavy atom. The van der Waals surface area contributed by atoms with Crippen molar-refractivity contribution in [2.45, 2.75) is 6.18 Å². The summed E-state index contributed by atoms with van der Waals surface area (Å²) in [5, 5.41) is 0.519. The lowest BCUT2D eigenvalue weighted by molar-refractivity contribution is -0.141. The van der Waals surface area contributed by atoms with Crippen LogP contribution in [0.5, 0.6) is 11.5 Å². The molecular weight excluding hydrogens is 316 g/mol. The van der Waals surface area contributed by atoms with Crippen molar-refractivity contribution in [3.05, 3.63) is 46.2 Å². The highest BCUT2D eigenvalue weighted by Gasteiger charge is 2.33. The van der Waals surface area contributed by atoms with Crippen molar-refractivity contribution in [2.24, 2.45) is 0 Å². The number of pyridine rings is 1. The Morgan fingerprint density at radius 1 is 1.10 bits per heavy atom. The van der Waals surface area contributed by atoms with Gasteiger partial charge in [-0.1, -0.05) is 23.2 Å². The number of nitrogens with two attached hydrogens (primary N) is 1. The molecular formula is C12H7Cl2F3N2O. The first-order chi connectivity index (χ1) is 9.27. The second-order valence-corrected chi connectivity index (χ2v) is 4.60. The van der Waals surface area contributed by atoms with E-state index in [9.17, 15) is 13.2 Å². The van der Waals surface area contributed by atoms with Crippen LogP contribution in [0, 0.1) is 0 Å². The van der Waals surface area contributed by atoms with Crippen molar-refractivity contribution < 1.29 is 17.9 Å². The highest BCUT2D eigenvalue weighted by molar-refractivity contribution is 6.42. The van der Waals surface area contributed by atoms with Crippen LogP contribution in [0.25, 0.3) is 0 Å². The monoisotopic (exact) mass is 322 g/mol. The number of alkyl halides is 3. The normalized spacial score (nSPS) is 11.4. The molecule has 0 fully saturated rings. The van der Waals surface area contributed by atoms with E-state index in [1.165, 1.54) is 18.2 Å². The van der Waals surface area contributed by atoms with E-state index in [2.05, 4.69) is 4.98 Å². The molecule has 8 heteroatoms. The van der Waals surface area contributed by atoms with Crippen LogP contribution in [-0.2, 0) is 6.18 Å². The van der Waals surface area contributed by atoms with Crippen molar-refractivity contribution in [3.63, 3.8) is 0 Å². The lowest BCUT2D eigenvalue weighted by Gasteiger charge is -2.11. The molecule has 1 aromatic carbocycles. The molecule has 0 bridgehead atoms. The van der Waals surface area contributed by atoms with Crippen LogP contribution in [0.15, 0.2) is 30.5 Å². The summed E-state index contributed by atoms with van der Waals surface area (Å²) in [6.07, 6.45) is -3.70. The Balaban J connectivity index is 2.35.